The maximum Gasteiger partial charge on any atom is 0.290 e. The van der Waals surface area contributed by atoms with Crippen LogP contribution >= 0.6 is 11.8 Å². The summed E-state index contributed by atoms with van der Waals surface area (Å²) >= 11 is 0.354. The van der Waals surface area contributed by atoms with Crippen LogP contribution in [0.4, 0.5) is 8.78 Å². The molecule has 4 rings (SSSR count). The fourth-order valence-corrected chi connectivity index (χ4v) is 5.01. The molecule has 0 unspecified atom stereocenters. The highest BCUT2D eigenvalue weighted by Crippen LogP contribution is 2.55. The third-order valence-corrected chi connectivity index (χ3v) is 6.00. The van der Waals surface area contributed by atoms with Crippen LogP contribution in [0.25, 0.3) is 0 Å². The van der Waals surface area contributed by atoms with Crippen molar-refractivity contribution in [1.82, 2.24) is 9.88 Å². The number of likely N-dealkylation sites (tertiary alicyclic amines) is 1. The Bertz CT molecular complexity index is 581. The van der Waals surface area contributed by atoms with Crippen LogP contribution in [0, 0.1) is 17.8 Å². The maximum atomic E-state index is 12.7. The highest BCUT2D eigenvalue weighted by Gasteiger charge is 2.57. The van der Waals surface area contributed by atoms with Gasteiger partial charge in [0.25, 0.3) is 11.7 Å². The largest absolute Gasteiger partial charge is 0.335 e. The third-order valence-electron chi connectivity index (χ3n) is 5.27. The molecule has 2 heterocycles. The minimum absolute atomic E-state index is 0.125. The van der Waals surface area contributed by atoms with Crippen molar-refractivity contribution in [2.24, 2.45) is 17.8 Å². The van der Waals surface area contributed by atoms with Crippen LogP contribution in [-0.4, -0.2) is 34.1 Å². The molecule has 0 radical (unpaired) electrons. The lowest BCUT2D eigenvalue weighted by molar-refractivity contribution is -0.00938. The Kier molecular flexibility index (Phi) is 3.17. The molecule has 2 aliphatic carbocycles. The summed E-state index contributed by atoms with van der Waals surface area (Å²) in [6.45, 7) is 0.790. The second-order valence-corrected chi connectivity index (χ2v) is 7.16. The predicted molar refractivity (Wildman–Crippen MR) is 75.2 cm³/mol. The number of thioether (sulfide) groups is 1. The van der Waals surface area contributed by atoms with Gasteiger partial charge in [0.05, 0.1) is 5.56 Å². The molecular weight excluding hydrogens is 294 g/mol. The number of nitrogens with zero attached hydrogens (tertiary/aromatic N) is 2. The molecule has 0 N–H and O–H groups in total. The van der Waals surface area contributed by atoms with Crippen molar-refractivity contribution in [2.45, 2.75) is 36.1 Å². The smallest absolute Gasteiger partial charge is 0.290 e. The molecule has 2 saturated carbocycles. The standard InChI is InChI=1S/C15H16F2N2OS/c16-15(17)21-13-10(2-1-5-18-13)14(20)19-7-11-8-3-4-9(6-8)12(11)19/h1-2,5,8-9,11-12,15H,3-4,6-7H2/t8-,9-,11+,12-/m0/s1. The molecule has 3 aliphatic rings. The molecule has 3 nitrogen and oxygen atoms in total. The van der Waals surface area contributed by atoms with E-state index >= 15 is 0 Å². The van der Waals surface area contributed by atoms with E-state index in [2.05, 4.69) is 4.98 Å². The van der Waals surface area contributed by atoms with Crippen LogP contribution in [0.2, 0.25) is 0 Å². The summed E-state index contributed by atoms with van der Waals surface area (Å²) in [5, 5.41) is 0.143. The predicted octanol–water partition coefficient (Wildman–Crippen LogP) is 3.27. The van der Waals surface area contributed by atoms with Gasteiger partial charge in [-0.15, -0.1) is 0 Å². The highest BCUT2D eigenvalue weighted by molar-refractivity contribution is 7.99. The molecule has 0 spiro atoms. The Labute approximate surface area is 126 Å². The Hall–Kier alpha value is -1.17. The lowest BCUT2D eigenvalue weighted by atomic mass is 9.76. The van der Waals surface area contributed by atoms with Crippen LogP contribution in [0.3, 0.4) is 0 Å². The summed E-state index contributed by atoms with van der Waals surface area (Å²) in [5.41, 5.74) is 0.323. The van der Waals surface area contributed by atoms with Gasteiger partial charge in [0, 0.05) is 24.7 Å². The molecule has 0 aromatic carbocycles. The second kappa shape index (κ2) is 4.93. The van der Waals surface area contributed by atoms with E-state index in [9.17, 15) is 13.6 Å². The number of aromatic nitrogens is 1. The van der Waals surface area contributed by atoms with Gasteiger partial charge in [-0.1, -0.05) is 0 Å². The molecule has 1 aromatic heterocycles. The summed E-state index contributed by atoms with van der Waals surface area (Å²) in [7, 11) is 0. The van der Waals surface area contributed by atoms with Crippen molar-refractivity contribution >= 4 is 17.7 Å². The van der Waals surface area contributed by atoms with Gasteiger partial charge in [0.1, 0.15) is 5.03 Å². The Morgan fingerprint density at radius 2 is 2.19 bits per heavy atom. The van der Waals surface area contributed by atoms with E-state index < -0.39 is 5.76 Å². The Balaban J connectivity index is 1.56. The van der Waals surface area contributed by atoms with E-state index in [4.69, 9.17) is 0 Å². The van der Waals surface area contributed by atoms with E-state index in [0.29, 0.717) is 35.2 Å². The molecule has 4 atom stereocenters. The first-order valence-electron chi connectivity index (χ1n) is 7.36. The fraction of sp³-hybridized carbons (Fsp3) is 0.600. The number of hydrogen-bond acceptors (Lipinski definition) is 3. The van der Waals surface area contributed by atoms with Crippen molar-refractivity contribution in [3.63, 3.8) is 0 Å². The molecule has 1 amide bonds. The molecule has 6 heteroatoms. The minimum atomic E-state index is -2.56. The average Bonchev–Trinajstić information content (AvgIpc) is 2.95. The Morgan fingerprint density at radius 3 is 2.95 bits per heavy atom. The number of halogens is 2. The average molecular weight is 310 g/mol. The number of amides is 1. The zero-order chi connectivity index (χ0) is 14.6. The number of carbonyl (C=O) groups excluding carboxylic acids is 1. The molecular formula is C15H16F2N2OS. The zero-order valence-electron chi connectivity index (χ0n) is 11.4. The van der Waals surface area contributed by atoms with E-state index in [-0.39, 0.29) is 10.9 Å². The monoisotopic (exact) mass is 310 g/mol. The summed E-state index contributed by atoms with van der Waals surface area (Å²) in [4.78, 5) is 18.5. The third kappa shape index (κ3) is 2.06. The Morgan fingerprint density at radius 1 is 1.38 bits per heavy atom. The van der Waals surface area contributed by atoms with E-state index in [1.165, 1.54) is 25.5 Å². The van der Waals surface area contributed by atoms with Gasteiger partial charge in [-0.2, -0.15) is 8.78 Å². The lowest BCUT2D eigenvalue weighted by Crippen LogP contribution is -2.61. The number of alkyl halides is 2. The van der Waals surface area contributed by atoms with Crippen molar-refractivity contribution < 1.29 is 13.6 Å². The normalized spacial score (nSPS) is 33.2. The number of carbonyl (C=O) groups is 1. The van der Waals surface area contributed by atoms with Gasteiger partial charge in [-0.3, -0.25) is 4.79 Å². The molecule has 1 aromatic rings. The summed E-state index contributed by atoms with van der Waals surface area (Å²) < 4.78 is 25.2. The summed E-state index contributed by atoms with van der Waals surface area (Å²) in [6, 6.07) is 3.60. The quantitative estimate of drug-likeness (QED) is 0.803. The summed E-state index contributed by atoms with van der Waals surface area (Å²) in [5.74, 6) is -0.623. The number of hydrogen-bond donors (Lipinski definition) is 0. The van der Waals surface area contributed by atoms with Crippen LogP contribution in [0.5, 0.6) is 0 Å². The first-order valence-corrected chi connectivity index (χ1v) is 8.24. The van der Waals surface area contributed by atoms with Crippen molar-refractivity contribution in [1.29, 1.82) is 0 Å². The maximum absolute atomic E-state index is 12.7. The van der Waals surface area contributed by atoms with Gasteiger partial charge in [-0.25, -0.2) is 4.98 Å². The molecule has 1 saturated heterocycles. The number of pyridine rings is 1. The van der Waals surface area contributed by atoms with Crippen molar-refractivity contribution in [3.05, 3.63) is 23.9 Å². The topological polar surface area (TPSA) is 33.2 Å². The van der Waals surface area contributed by atoms with Crippen molar-refractivity contribution in [2.75, 3.05) is 6.54 Å². The van der Waals surface area contributed by atoms with Crippen LogP contribution < -0.4 is 0 Å². The molecule has 1 aliphatic heterocycles. The van der Waals surface area contributed by atoms with Gasteiger partial charge < -0.3 is 4.90 Å². The van der Waals surface area contributed by atoms with Gasteiger partial charge in [0.15, 0.2) is 0 Å². The first kappa shape index (κ1) is 13.5. The van der Waals surface area contributed by atoms with Crippen LogP contribution in [0.15, 0.2) is 23.4 Å². The molecule has 21 heavy (non-hydrogen) atoms. The number of fused-ring (bicyclic) bond motifs is 5. The van der Waals surface area contributed by atoms with Crippen LogP contribution in [-0.2, 0) is 0 Å². The SMILES string of the molecule is O=C(c1cccnc1SC(F)F)N1C[C@@H]2[C@H]3CC[C@@H](C3)[C@@H]21. The summed E-state index contributed by atoms with van der Waals surface area (Å²) in [6.07, 6.45) is 5.21. The first-order chi connectivity index (χ1) is 10.1. The van der Waals surface area contributed by atoms with Gasteiger partial charge in [-0.05, 0) is 55.0 Å². The van der Waals surface area contributed by atoms with Crippen LogP contribution in [0.1, 0.15) is 29.6 Å². The second-order valence-electron chi connectivity index (χ2n) is 6.18. The lowest BCUT2D eigenvalue weighted by Gasteiger charge is -2.50. The fourth-order valence-electron chi connectivity index (χ4n) is 4.44. The zero-order valence-corrected chi connectivity index (χ0v) is 12.2. The van der Waals surface area contributed by atoms with Gasteiger partial charge >= 0.3 is 0 Å². The highest BCUT2D eigenvalue weighted by atomic mass is 32.2. The molecule has 112 valence electrons. The van der Waals surface area contributed by atoms with Gasteiger partial charge in [0.2, 0.25) is 0 Å². The molecule has 2 bridgehead atoms. The molecule has 3 fully saturated rings. The van der Waals surface area contributed by atoms with E-state index in [1.54, 1.807) is 12.1 Å². The number of rotatable bonds is 3. The van der Waals surface area contributed by atoms with Crippen molar-refractivity contribution in [3.8, 4) is 0 Å². The van der Waals surface area contributed by atoms with E-state index in [1.807, 2.05) is 4.90 Å². The van der Waals surface area contributed by atoms with E-state index in [0.717, 1.165) is 12.5 Å². The minimum Gasteiger partial charge on any atom is -0.335 e.